The Balaban J connectivity index is 1.88. The molecule has 0 saturated carbocycles. The van der Waals surface area contributed by atoms with Crippen LogP contribution in [0, 0.1) is 17.8 Å². The van der Waals surface area contributed by atoms with E-state index in [0.29, 0.717) is 23.9 Å². The molecule has 1 unspecified atom stereocenters. The lowest BCUT2D eigenvalue weighted by molar-refractivity contribution is -0.119. The van der Waals surface area contributed by atoms with E-state index in [-0.39, 0.29) is 17.7 Å². The Hall–Kier alpha value is -1.88. The van der Waals surface area contributed by atoms with Gasteiger partial charge in [-0.05, 0) is 56.0 Å². The van der Waals surface area contributed by atoms with Crippen LogP contribution in [-0.2, 0) is 9.59 Å². The van der Waals surface area contributed by atoms with Crippen molar-refractivity contribution in [3.8, 4) is 0 Å². The first-order chi connectivity index (χ1) is 11.5. The summed E-state index contributed by atoms with van der Waals surface area (Å²) in [5, 5.41) is 9.16. The SMILES string of the molecule is CC(C)C(=O)Nc1cccc(NC(=O)CC(C)C2CCNCC2)c1. The van der Waals surface area contributed by atoms with Gasteiger partial charge in [-0.25, -0.2) is 0 Å². The minimum absolute atomic E-state index is 0.0296. The van der Waals surface area contributed by atoms with Crippen molar-refractivity contribution < 1.29 is 9.59 Å². The lowest BCUT2D eigenvalue weighted by atomic mass is 9.84. The molecule has 1 heterocycles. The minimum atomic E-state index is -0.0749. The zero-order valence-corrected chi connectivity index (χ0v) is 14.9. The number of carbonyl (C=O) groups excluding carboxylic acids is 2. The van der Waals surface area contributed by atoms with Crippen molar-refractivity contribution in [3.63, 3.8) is 0 Å². The average molecular weight is 331 g/mol. The molecule has 0 aromatic heterocycles. The van der Waals surface area contributed by atoms with Crippen LogP contribution < -0.4 is 16.0 Å². The molecular formula is C19H29N3O2. The van der Waals surface area contributed by atoms with E-state index in [0.717, 1.165) is 31.6 Å². The molecular weight excluding hydrogens is 302 g/mol. The van der Waals surface area contributed by atoms with E-state index in [1.807, 2.05) is 32.0 Å². The van der Waals surface area contributed by atoms with E-state index in [2.05, 4.69) is 22.9 Å². The molecule has 1 saturated heterocycles. The molecule has 24 heavy (non-hydrogen) atoms. The van der Waals surface area contributed by atoms with Gasteiger partial charge >= 0.3 is 0 Å². The molecule has 1 aromatic rings. The van der Waals surface area contributed by atoms with Crippen molar-refractivity contribution in [1.29, 1.82) is 0 Å². The molecule has 0 aliphatic carbocycles. The Bertz CT molecular complexity index is 565. The molecule has 1 aromatic carbocycles. The molecule has 1 fully saturated rings. The highest BCUT2D eigenvalue weighted by Crippen LogP contribution is 2.25. The van der Waals surface area contributed by atoms with Crippen molar-refractivity contribution >= 4 is 23.2 Å². The summed E-state index contributed by atoms with van der Waals surface area (Å²) in [4.78, 5) is 24.1. The first kappa shape index (κ1) is 18.5. The third kappa shape index (κ3) is 5.64. The van der Waals surface area contributed by atoms with Crippen LogP contribution in [0.3, 0.4) is 0 Å². The maximum Gasteiger partial charge on any atom is 0.226 e. The van der Waals surface area contributed by atoms with Crippen molar-refractivity contribution in [2.24, 2.45) is 17.8 Å². The van der Waals surface area contributed by atoms with E-state index in [9.17, 15) is 9.59 Å². The third-order valence-corrected chi connectivity index (χ3v) is 4.63. The molecule has 0 spiro atoms. The fourth-order valence-electron chi connectivity index (χ4n) is 3.05. The van der Waals surface area contributed by atoms with E-state index >= 15 is 0 Å². The Morgan fingerprint density at radius 1 is 1.12 bits per heavy atom. The quantitative estimate of drug-likeness (QED) is 0.749. The summed E-state index contributed by atoms with van der Waals surface area (Å²) in [5.41, 5.74) is 1.43. The zero-order valence-electron chi connectivity index (χ0n) is 14.9. The van der Waals surface area contributed by atoms with Crippen LogP contribution >= 0.6 is 0 Å². The minimum Gasteiger partial charge on any atom is -0.326 e. The molecule has 0 radical (unpaired) electrons. The summed E-state index contributed by atoms with van der Waals surface area (Å²) < 4.78 is 0. The normalized spacial score (nSPS) is 16.7. The second-order valence-electron chi connectivity index (χ2n) is 7.04. The molecule has 5 heteroatoms. The van der Waals surface area contributed by atoms with Gasteiger partial charge in [0.05, 0.1) is 0 Å². The molecule has 0 bridgehead atoms. The van der Waals surface area contributed by atoms with E-state index in [4.69, 9.17) is 0 Å². The van der Waals surface area contributed by atoms with Crippen LogP contribution in [0.5, 0.6) is 0 Å². The zero-order chi connectivity index (χ0) is 17.5. The number of benzene rings is 1. The first-order valence-corrected chi connectivity index (χ1v) is 8.87. The fraction of sp³-hybridized carbons (Fsp3) is 0.579. The number of anilines is 2. The number of rotatable bonds is 6. The molecule has 1 aliphatic rings. The van der Waals surface area contributed by atoms with Crippen molar-refractivity contribution in [2.75, 3.05) is 23.7 Å². The lowest BCUT2D eigenvalue weighted by Crippen LogP contribution is -2.32. The molecule has 2 amide bonds. The highest BCUT2D eigenvalue weighted by molar-refractivity contribution is 5.94. The van der Waals surface area contributed by atoms with Gasteiger partial charge in [0.2, 0.25) is 11.8 Å². The van der Waals surface area contributed by atoms with Gasteiger partial charge in [-0.15, -0.1) is 0 Å². The van der Waals surface area contributed by atoms with Crippen molar-refractivity contribution in [2.45, 2.75) is 40.0 Å². The van der Waals surface area contributed by atoms with Crippen LogP contribution in [0.25, 0.3) is 0 Å². The summed E-state index contributed by atoms with van der Waals surface area (Å²) in [6, 6.07) is 7.31. The summed E-state index contributed by atoms with van der Waals surface area (Å²) >= 11 is 0. The number of nitrogens with one attached hydrogen (secondary N) is 3. The van der Waals surface area contributed by atoms with Gasteiger partial charge < -0.3 is 16.0 Å². The van der Waals surface area contributed by atoms with Crippen LogP contribution in [0.1, 0.15) is 40.0 Å². The fourth-order valence-corrected chi connectivity index (χ4v) is 3.05. The van der Waals surface area contributed by atoms with Gasteiger partial charge in [-0.2, -0.15) is 0 Å². The van der Waals surface area contributed by atoms with E-state index in [1.54, 1.807) is 6.07 Å². The standard InChI is InChI=1S/C19H29N3O2/c1-13(2)19(24)22-17-6-4-5-16(12-17)21-18(23)11-14(3)15-7-9-20-10-8-15/h4-6,12-15,20H,7-11H2,1-3H3,(H,21,23)(H,22,24). The van der Waals surface area contributed by atoms with Crippen LogP contribution in [0.2, 0.25) is 0 Å². The predicted octanol–water partition coefficient (Wildman–Crippen LogP) is 3.25. The molecule has 132 valence electrons. The number of carbonyl (C=O) groups is 2. The molecule has 5 nitrogen and oxygen atoms in total. The first-order valence-electron chi connectivity index (χ1n) is 8.87. The van der Waals surface area contributed by atoms with Gasteiger partial charge in [0.1, 0.15) is 0 Å². The highest BCUT2D eigenvalue weighted by atomic mass is 16.2. The average Bonchev–Trinajstić information content (AvgIpc) is 2.55. The largest absolute Gasteiger partial charge is 0.326 e. The molecule has 2 rings (SSSR count). The second kappa shape index (κ2) is 8.83. The van der Waals surface area contributed by atoms with Crippen LogP contribution in [0.4, 0.5) is 11.4 Å². The number of amides is 2. The number of hydrogen-bond acceptors (Lipinski definition) is 3. The van der Waals surface area contributed by atoms with Gasteiger partial charge in [0.25, 0.3) is 0 Å². The molecule has 1 aliphatic heterocycles. The third-order valence-electron chi connectivity index (χ3n) is 4.63. The Morgan fingerprint density at radius 2 is 1.75 bits per heavy atom. The van der Waals surface area contributed by atoms with Crippen LogP contribution in [-0.4, -0.2) is 24.9 Å². The van der Waals surface area contributed by atoms with E-state index in [1.165, 1.54) is 0 Å². The summed E-state index contributed by atoms with van der Waals surface area (Å²) in [7, 11) is 0. The molecule has 1 atom stereocenters. The van der Waals surface area contributed by atoms with Crippen molar-refractivity contribution in [3.05, 3.63) is 24.3 Å². The smallest absolute Gasteiger partial charge is 0.226 e. The van der Waals surface area contributed by atoms with Crippen molar-refractivity contribution in [1.82, 2.24) is 5.32 Å². The van der Waals surface area contributed by atoms with Gasteiger partial charge in [-0.1, -0.05) is 26.8 Å². The Labute approximate surface area is 144 Å². The molecule has 3 N–H and O–H groups in total. The Kier molecular flexibility index (Phi) is 6.79. The van der Waals surface area contributed by atoms with Gasteiger partial charge in [0, 0.05) is 23.7 Å². The number of hydrogen-bond donors (Lipinski definition) is 3. The van der Waals surface area contributed by atoms with Gasteiger partial charge in [0.15, 0.2) is 0 Å². The van der Waals surface area contributed by atoms with E-state index < -0.39 is 0 Å². The topological polar surface area (TPSA) is 70.2 Å². The maximum absolute atomic E-state index is 12.3. The second-order valence-corrected chi connectivity index (χ2v) is 7.04. The summed E-state index contributed by atoms with van der Waals surface area (Å²) in [6.07, 6.45) is 2.82. The predicted molar refractivity (Wildman–Crippen MR) is 97.9 cm³/mol. The lowest BCUT2D eigenvalue weighted by Gasteiger charge is -2.27. The van der Waals surface area contributed by atoms with Crippen LogP contribution in [0.15, 0.2) is 24.3 Å². The highest BCUT2D eigenvalue weighted by Gasteiger charge is 2.22. The summed E-state index contributed by atoms with van der Waals surface area (Å²) in [6.45, 7) is 7.96. The van der Waals surface area contributed by atoms with Gasteiger partial charge in [-0.3, -0.25) is 9.59 Å². The maximum atomic E-state index is 12.3. The monoisotopic (exact) mass is 331 g/mol. The number of piperidine rings is 1. The summed E-state index contributed by atoms with van der Waals surface area (Å²) in [5.74, 6) is 0.935. The Morgan fingerprint density at radius 3 is 2.38 bits per heavy atom.